The maximum absolute atomic E-state index is 13.4. The summed E-state index contributed by atoms with van der Waals surface area (Å²) in [5, 5.41) is 16.6. The van der Waals surface area contributed by atoms with Crippen LogP contribution < -0.4 is 25.0 Å². The molecule has 13 heteroatoms. The third kappa shape index (κ3) is 7.25. The van der Waals surface area contributed by atoms with Gasteiger partial charge in [0.05, 0.1) is 36.5 Å². The molecule has 0 fully saturated rings. The van der Waals surface area contributed by atoms with E-state index in [-0.39, 0.29) is 17.0 Å². The van der Waals surface area contributed by atoms with E-state index in [2.05, 4.69) is 54.9 Å². The average molecular weight is 722 g/mol. The number of tetrazole rings is 1. The maximum atomic E-state index is 13.4. The Bertz CT molecular complexity index is 2520. The Labute approximate surface area is 309 Å². The lowest BCUT2D eigenvalue weighted by atomic mass is 9.98. The van der Waals surface area contributed by atoms with Crippen molar-refractivity contribution in [2.45, 2.75) is 19.4 Å². The average Bonchev–Trinajstić information content (AvgIpc) is 3.71. The Balaban J connectivity index is 0.999. The van der Waals surface area contributed by atoms with Gasteiger partial charge in [-0.15, -0.1) is 15.0 Å². The minimum Gasteiger partial charge on any atom is -0.493 e. The standard InChI is InChI=1S/C41H35N7O6/c1-51-37-21-27-16-20-47(25-28(27)22-38(37)52-2)19-15-26-7-9-29(10-8-26)48-45-40(44-46-48)33-23-31(53-30-13-17-42-18-14-30)11-12-34(33)43-41(50)39-24-35(49)32-5-3-4-6-36(32)54-39/h3-14,17-18,21-24H,15-16,19-20,25H2,1-2H3,(H,43,50). The SMILES string of the molecule is COc1cc2c(cc1OC)CN(CCc1ccc(-n3nnc(-c4cc(Oc5ccncc5)ccc4NC(=O)c4cc(=O)c5ccccc5o4)n3)cc1)CC2. The molecular weight excluding hydrogens is 686 g/mol. The van der Waals surface area contributed by atoms with Crippen molar-refractivity contribution in [3.05, 3.63) is 142 Å². The molecule has 0 bridgehead atoms. The molecule has 13 nitrogen and oxygen atoms in total. The predicted octanol–water partition coefficient (Wildman–Crippen LogP) is 6.49. The van der Waals surface area contributed by atoms with Gasteiger partial charge in [-0.1, -0.05) is 24.3 Å². The molecule has 1 aliphatic heterocycles. The van der Waals surface area contributed by atoms with Gasteiger partial charge in [-0.05, 0) is 101 Å². The second-order valence-electron chi connectivity index (χ2n) is 12.7. The minimum atomic E-state index is -0.612. The quantitative estimate of drug-likeness (QED) is 0.156. The van der Waals surface area contributed by atoms with Gasteiger partial charge >= 0.3 is 0 Å². The van der Waals surface area contributed by atoms with Gasteiger partial charge in [-0.25, -0.2) is 0 Å². The molecule has 1 N–H and O–H groups in total. The highest BCUT2D eigenvalue weighted by Crippen LogP contribution is 2.34. The molecule has 4 heterocycles. The third-order valence-corrected chi connectivity index (χ3v) is 9.32. The summed E-state index contributed by atoms with van der Waals surface area (Å²) in [5.41, 5.74) is 5.27. The molecule has 1 aliphatic rings. The van der Waals surface area contributed by atoms with Crippen LogP contribution in [0.1, 0.15) is 27.2 Å². The summed E-state index contributed by atoms with van der Waals surface area (Å²) in [6, 6.07) is 28.7. The first kappa shape index (κ1) is 34.2. The van der Waals surface area contributed by atoms with E-state index in [9.17, 15) is 9.59 Å². The van der Waals surface area contributed by atoms with Crippen LogP contribution in [0.2, 0.25) is 0 Å². The molecule has 0 spiro atoms. The van der Waals surface area contributed by atoms with Gasteiger partial charge in [-0.3, -0.25) is 19.5 Å². The van der Waals surface area contributed by atoms with Crippen LogP contribution in [-0.2, 0) is 19.4 Å². The molecule has 0 radical (unpaired) electrons. The van der Waals surface area contributed by atoms with Gasteiger partial charge in [0.2, 0.25) is 5.82 Å². The third-order valence-electron chi connectivity index (χ3n) is 9.32. The summed E-state index contributed by atoms with van der Waals surface area (Å²) in [7, 11) is 3.33. The predicted molar refractivity (Wildman–Crippen MR) is 202 cm³/mol. The number of rotatable bonds is 11. The molecule has 0 saturated heterocycles. The number of hydrogen-bond donors (Lipinski definition) is 1. The largest absolute Gasteiger partial charge is 0.493 e. The Hall–Kier alpha value is -6.86. The van der Waals surface area contributed by atoms with Crippen LogP contribution in [0.25, 0.3) is 28.0 Å². The van der Waals surface area contributed by atoms with Crippen molar-refractivity contribution in [1.29, 1.82) is 0 Å². The van der Waals surface area contributed by atoms with E-state index in [0.717, 1.165) is 49.7 Å². The molecule has 0 atom stereocenters. The number of fused-ring (bicyclic) bond motifs is 2. The van der Waals surface area contributed by atoms with Crippen LogP contribution in [0.3, 0.4) is 0 Å². The molecule has 4 aromatic carbocycles. The Morgan fingerprint density at radius 1 is 0.870 bits per heavy atom. The van der Waals surface area contributed by atoms with E-state index in [4.69, 9.17) is 18.6 Å². The zero-order valence-electron chi connectivity index (χ0n) is 29.6. The molecule has 7 aromatic rings. The van der Waals surface area contributed by atoms with E-state index in [1.165, 1.54) is 27.6 Å². The highest BCUT2D eigenvalue weighted by atomic mass is 16.5. The van der Waals surface area contributed by atoms with Crippen LogP contribution in [-0.4, -0.2) is 63.3 Å². The Kier molecular flexibility index (Phi) is 9.52. The molecule has 0 saturated carbocycles. The Morgan fingerprint density at radius 3 is 2.44 bits per heavy atom. The second kappa shape index (κ2) is 15.0. The van der Waals surface area contributed by atoms with Crippen LogP contribution >= 0.6 is 0 Å². The van der Waals surface area contributed by atoms with Gasteiger partial charge in [0, 0.05) is 38.1 Å². The van der Waals surface area contributed by atoms with Gasteiger partial charge in [-0.2, -0.15) is 0 Å². The topological polar surface area (TPSA) is 147 Å². The fraction of sp³-hybridized carbons (Fsp3) is 0.171. The molecule has 0 aliphatic carbocycles. The first-order valence-corrected chi connectivity index (χ1v) is 17.4. The van der Waals surface area contributed by atoms with Crippen molar-refractivity contribution in [1.82, 2.24) is 30.1 Å². The number of ether oxygens (including phenoxy) is 3. The van der Waals surface area contributed by atoms with E-state index in [1.54, 1.807) is 81.2 Å². The molecular formula is C41H35N7O6. The van der Waals surface area contributed by atoms with Crippen molar-refractivity contribution in [2.24, 2.45) is 0 Å². The summed E-state index contributed by atoms with van der Waals surface area (Å²) in [5.74, 6) is 2.07. The highest BCUT2D eigenvalue weighted by molar-refractivity contribution is 6.05. The zero-order valence-corrected chi connectivity index (χ0v) is 29.6. The number of nitrogens with one attached hydrogen (secondary N) is 1. The normalized spacial score (nSPS) is 12.6. The van der Waals surface area contributed by atoms with Gasteiger partial charge in [0.15, 0.2) is 22.7 Å². The van der Waals surface area contributed by atoms with E-state index in [0.29, 0.717) is 33.7 Å². The monoisotopic (exact) mass is 721 g/mol. The summed E-state index contributed by atoms with van der Waals surface area (Å²) in [4.78, 5) is 34.1. The zero-order chi connectivity index (χ0) is 37.0. The van der Waals surface area contributed by atoms with Crippen molar-refractivity contribution in [2.75, 3.05) is 32.6 Å². The molecule has 1 amide bonds. The summed E-state index contributed by atoms with van der Waals surface area (Å²) in [6.07, 6.45) is 5.09. The number of aromatic nitrogens is 5. The van der Waals surface area contributed by atoms with Gasteiger partial charge < -0.3 is 23.9 Å². The van der Waals surface area contributed by atoms with Crippen LogP contribution in [0, 0.1) is 0 Å². The maximum Gasteiger partial charge on any atom is 0.291 e. The molecule has 270 valence electrons. The number of nitrogens with zero attached hydrogens (tertiary/aromatic N) is 6. The van der Waals surface area contributed by atoms with E-state index in [1.807, 2.05) is 12.1 Å². The molecule has 0 unspecified atom stereocenters. The number of benzene rings is 4. The van der Waals surface area contributed by atoms with Crippen molar-refractivity contribution >= 4 is 22.6 Å². The minimum absolute atomic E-state index is 0.135. The lowest BCUT2D eigenvalue weighted by molar-refractivity contribution is 0.0997. The smallest absolute Gasteiger partial charge is 0.291 e. The van der Waals surface area contributed by atoms with Gasteiger partial charge in [0.1, 0.15) is 17.1 Å². The number of pyridine rings is 1. The number of carbonyl (C=O) groups excluding carboxylic acids is 1. The van der Waals surface area contributed by atoms with E-state index >= 15 is 0 Å². The lowest BCUT2D eigenvalue weighted by Gasteiger charge is -2.29. The van der Waals surface area contributed by atoms with Crippen molar-refractivity contribution < 1.29 is 23.4 Å². The second-order valence-corrected chi connectivity index (χ2v) is 12.7. The first-order valence-electron chi connectivity index (χ1n) is 17.4. The summed E-state index contributed by atoms with van der Waals surface area (Å²) < 4.78 is 22.8. The number of methoxy groups -OCH3 is 2. The van der Waals surface area contributed by atoms with Crippen LogP contribution in [0.15, 0.2) is 119 Å². The Morgan fingerprint density at radius 2 is 1.65 bits per heavy atom. The molecule has 3 aromatic heterocycles. The lowest BCUT2D eigenvalue weighted by Crippen LogP contribution is -2.32. The van der Waals surface area contributed by atoms with Crippen LogP contribution in [0.5, 0.6) is 23.0 Å². The van der Waals surface area contributed by atoms with Crippen LogP contribution in [0.4, 0.5) is 5.69 Å². The number of para-hydroxylation sites is 1. The number of carbonyl (C=O) groups is 1. The summed E-state index contributed by atoms with van der Waals surface area (Å²) in [6.45, 7) is 2.74. The number of anilines is 1. The molecule has 8 rings (SSSR count). The van der Waals surface area contributed by atoms with Crippen molar-refractivity contribution in [3.63, 3.8) is 0 Å². The molecule has 54 heavy (non-hydrogen) atoms. The fourth-order valence-corrected chi connectivity index (χ4v) is 6.47. The fourth-order valence-electron chi connectivity index (χ4n) is 6.47. The summed E-state index contributed by atoms with van der Waals surface area (Å²) >= 11 is 0. The first-order chi connectivity index (χ1) is 26.4. The number of amides is 1. The highest BCUT2D eigenvalue weighted by Gasteiger charge is 2.21. The number of hydrogen-bond acceptors (Lipinski definition) is 11. The van der Waals surface area contributed by atoms with E-state index < -0.39 is 5.91 Å². The van der Waals surface area contributed by atoms with Gasteiger partial charge in [0.25, 0.3) is 5.91 Å². The van der Waals surface area contributed by atoms with Crippen molar-refractivity contribution in [3.8, 4) is 40.1 Å².